The van der Waals surface area contributed by atoms with Gasteiger partial charge in [-0.25, -0.2) is 0 Å². The van der Waals surface area contributed by atoms with Gasteiger partial charge in [-0.2, -0.15) is 0 Å². The smallest absolute Gasteiger partial charge is 0.101 e. The summed E-state index contributed by atoms with van der Waals surface area (Å²) in [6.45, 7) is 7.26. The number of likely N-dealkylation sites (tertiary alicyclic amines) is 1. The third-order valence-electron chi connectivity index (χ3n) is 4.35. The van der Waals surface area contributed by atoms with Gasteiger partial charge < -0.3 is 10.2 Å². The maximum atomic E-state index is 6.02. The van der Waals surface area contributed by atoms with E-state index < -0.39 is 0 Å². The number of halogens is 2. The number of nitrogens with one attached hydrogen (secondary N) is 1. The normalized spacial score (nSPS) is 22.9. The van der Waals surface area contributed by atoms with E-state index in [1.807, 2.05) is 12.1 Å². The summed E-state index contributed by atoms with van der Waals surface area (Å²) in [5, 5.41) is 3.66. The van der Waals surface area contributed by atoms with E-state index in [-0.39, 0.29) is 0 Å². The number of quaternary nitrogens is 2. The lowest BCUT2D eigenvalue weighted by Gasteiger charge is -2.29. The second kappa shape index (κ2) is 8.23. The number of rotatable bonds is 6. The van der Waals surface area contributed by atoms with Gasteiger partial charge in [0, 0.05) is 12.0 Å². The van der Waals surface area contributed by atoms with Gasteiger partial charge >= 0.3 is 0 Å². The zero-order valence-corrected chi connectivity index (χ0v) is 13.8. The van der Waals surface area contributed by atoms with Gasteiger partial charge in [0.05, 0.1) is 35.7 Å². The summed E-state index contributed by atoms with van der Waals surface area (Å²) in [6, 6.07) is 6.77. The molecule has 2 nitrogen and oxygen atoms in total. The first-order valence-corrected chi connectivity index (χ1v) is 8.52. The molecule has 1 unspecified atom stereocenters. The molecule has 1 aromatic carbocycles. The second-order valence-corrected chi connectivity index (χ2v) is 6.75. The molecule has 0 saturated carbocycles. The Labute approximate surface area is 132 Å². The zero-order chi connectivity index (χ0) is 14.4. The number of hydrogen-bond acceptors (Lipinski definition) is 0. The van der Waals surface area contributed by atoms with E-state index in [0.29, 0.717) is 10.0 Å². The highest BCUT2D eigenvalue weighted by Gasteiger charge is 2.20. The Hall–Kier alpha value is -0.280. The zero-order valence-electron chi connectivity index (χ0n) is 12.3. The summed E-state index contributed by atoms with van der Waals surface area (Å²) in [5.74, 6) is 0. The average Bonchev–Trinajstić information content (AvgIpc) is 2.44. The number of nitrogens with two attached hydrogens (primary N) is 1. The van der Waals surface area contributed by atoms with Crippen LogP contribution < -0.4 is 10.2 Å². The minimum atomic E-state index is 0.637. The number of hydrogen-bond donors (Lipinski definition) is 2. The van der Waals surface area contributed by atoms with Crippen molar-refractivity contribution >= 4 is 23.2 Å². The van der Waals surface area contributed by atoms with Gasteiger partial charge in [0.1, 0.15) is 6.54 Å². The molecule has 0 aromatic heterocycles. The molecule has 3 N–H and O–H groups in total. The molecule has 4 heteroatoms. The fourth-order valence-electron chi connectivity index (χ4n) is 3.03. The van der Waals surface area contributed by atoms with Crippen LogP contribution in [0.3, 0.4) is 0 Å². The van der Waals surface area contributed by atoms with Crippen LogP contribution in [-0.2, 0) is 6.54 Å². The first kappa shape index (κ1) is 16.1. The van der Waals surface area contributed by atoms with Crippen molar-refractivity contribution in [1.82, 2.24) is 0 Å². The first-order chi connectivity index (χ1) is 9.66. The van der Waals surface area contributed by atoms with E-state index in [1.165, 1.54) is 50.9 Å². The van der Waals surface area contributed by atoms with Crippen molar-refractivity contribution in [3.05, 3.63) is 33.8 Å². The topological polar surface area (TPSA) is 21.1 Å². The Balaban J connectivity index is 1.62. The molecule has 1 aliphatic rings. The molecule has 1 aliphatic heterocycles. The standard InChI is InChI=1S/C16H24Cl2N2/c1-13-5-2-3-9-20(13)10-4-8-19-12-14-6-7-15(17)16(18)11-14/h6-7,11,13,19H,2-5,8-10,12H2,1H3/p+2/t13-/m1/s1. The highest BCUT2D eigenvalue weighted by atomic mass is 35.5. The summed E-state index contributed by atoms with van der Waals surface area (Å²) < 4.78 is 0. The van der Waals surface area contributed by atoms with Crippen LogP contribution in [0.2, 0.25) is 10.0 Å². The summed E-state index contributed by atoms with van der Waals surface area (Å²) in [4.78, 5) is 1.80. The lowest BCUT2D eigenvalue weighted by Crippen LogP contribution is -3.16. The first-order valence-electron chi connectivity index (χ1n) is 7.77. The third kappa shape index (κ3) is 4.92. The summed E-state index contributed by atoms with van der Waals surface area (Å²) in [7, 11) is 0. The van der Waals surface area contributed by atoms with Gasteiger partial charge in [0.2, 0.25) is 0 Å². The Morgan fingerprint density at radius 2 is 2.10 bits per heavy atom. The second-order valence-electron chi connectivity index (χ2n) is 5.94. The molecule has 2 rings (SSSR count). The summed E-state index contributed by atoms with van der Waals surface area (Å²) in [6.07, 6.45) is 5.53. The van der Waals surface area contributed by atoms with Crippen LogP contribution in [0.1, 0.15) is 38.2 Å². The van der Waals surface area contributed by atoms with Gasteiger partial charge in [-0.3, -0.25) is 0 Å². The van der Waals surface area contributed by atoms with E-state index in [4.69, 9.17) is 23.2 Å². The molecular formula is C16H26Cl2N2+2. The Kier molecular flexibility index (Phi) is 6.63. The number of piperidine rings is 1. The van der Waals surface area contributed by atoms with Crippen molar-refractivity contribution in [3.63, 3.8) is 0 Å². The molecular weight excluding hydrogens is 291 g/mol. The molecule has 2 atom stereocenters. The minimum Gasteiger partial charge on any atom is -0.342 e. The lowest BCUT2D eigenvalue weighted by atomic mass is 10.0. The highest BCUT2D eigenvalue weighted by Crippen LogP contribution is 2.21. The Morgan fingerprint density at radius 1 is 1.25 bits per heavy atom. The van der Waals surface area contributed by atoms with E-state index in [0.717, 1.165) is 12.6 Å². The van der Waals surface area contributed by atoms with Crippen LogP contribution in [0, 0.1) is 0 Å². The maximum absolute atomic E-state index is 6.02. The van der Waals surface area contributed by atoms with Crippen molar-refractivity contribution in [2.75, 3.05) is 19.6 Å². The molecule has 1 fully saturated rings. The fraction of sp³-hybridized carbons (Fsp3) is 0.625. The summed E-state index contributed by atoms with van der Waals surface area (Å²) >= 11 is 11.9. The van der Waals surface area contributed by atoms with E-state index >= 15 is 0 Å². The molecule has 1 aromatic rings. The largest absolute Gasteiger partial charge is 0.342 e. The maximum Gasteiger partial charge on any atom is 0.101 e. The molecule has 0 spiro atoms. The quantitative estimate of drug-likeness (QED) is 0.748. The predicted molar refractivity (Wildman–Crippen MR) is 85.6 cm³/mol. The van der Waals surface area contributed by atoms with Crippen molar-refractivity contribution in [1.29, 1.82) is 0 Å². The van der Waals surface area contributed by atoms with Crippen molar-refractivity contribution < 1.29 is 10.2 Å². The molecule has 0 bridgehead atoms. The monoisotopic (exact) mass is 316 g/mol. The van der Waals surface area contributed by atoms with E-state index in [9.17, 15) is 0 Å². The van der Waals surface area contributed by atoms with Gasteiger partial charge in [-0.05, 0) is 38.3 Å². The van der Waals surface area contributed by atoms with Gasteiger partial charge in [0.25, 0.3) is 0 Å². The molecule has 1 heterocycles. The van der Waals surface area contributed by atoms with Crippen LogP contribution in [0.5, 0.6) is 0 Å². The molecule has 0 aliphatic carbocycles. The van der Waals surface area contributed by atoms with Crippen LogP contribution in [-0.4, -0.2) is 25.7 Å². The molecule has 1 saturated heterocycles. The molecule has 0 radical (unpaired) electrons. The SMILES string of the molecule is C[C@@H]1CCCC[NH+]1CCC[NH2+]Cc1ccc(Cl)c(Cl)c1. The molecule has 0 amide bonds. The molecule has 112 valence electrons. The minimum absolute atomic E-state index is 0.637. The van der Waals surface area contributed by atoms with Crippen molar-refractivity contribution in [2.24, 2.45) is 0 Å². The van der Waals surface area contributed by atoms with Crippen molar-refractivity contribution in [2.45, 2.75) is 45.2 Å². The molecule has 20 heavy (non-hydrogen) atoms. The van der Waals surface area contributed by atoms with Crippen molar-refractivity contribution in [3.8, 4) is 0 Å². The lowest BCUT2D eigenvalue weighted by molar-refractivity contribution is -0.930. The number of benzene rings is 1. The fourth-order valence-corrected chi connectivity index (χ4v) is 3.35. The summed E-state index contributed by atoms with van der Waals surface area (Å²) in [5.41, 5.74) is 1.25. The van der Waals surface area contributed by atoms with Crippen LogP contribution in [0.15, 0.2) is 18.2 Å². The third-order valence-corrected chi connectivity index (χ3v) is 5.09. The van der Waals surface area contributed by atoms with Gasteiger partial charge in [-0.1, -0.05) is 29.3 Å². The van der Waals surface area contributed by atoms with E-state index in [1.54, 1.807) is 4.90 Å². The predicted octanol–water partition coefficient (Wildman–Crippen LogP) is 1.90. The Morgan fingerprint density at radius 3 is 2.85 bits per heavy atom. The van der Waals surface area contributed by atoms with Gasteiger partial charge in [0.15, 0.2) is 0 Å². The van der Waals surface area contributed by atoms with E-state index in [2.05, 4.69) is 18.3 Å². The van der Waals surface area contributed by atoms with Gasteiger partial charge in [-0.15, -0.1) is 0 Å². The van der Waals surface area contributed by atoms with Crippen LogP contribution in [0.25, 0.3) is 0 Å². The van der Waals surface area contributed by atoms with Crippen LogP contribution >= 0.6 is 23.2 Å². The van der Waals surface area contributed by atoms with Crippen LogP contribution in [0.4, 0.5) is 0 Å². The highest BCUT2D eigenvalue weighted by molar-refractivity contribution is 6.41. The average molecular weight is 317 g/mol. The Bertz CT molecular complexity index is 423.